The van der Waals surface area contributed by atoms with Crippen molar-refractivity contribution in [2.24, 2.45) is 5.92 Å². The number of rotatable bonds is 6. The third-order valence-corrected chi connectivity index (χ3v) is 5.89. The largest absolute Gasteiger partial charge is 0.494 e. The van der Waals surface area contributed by atoms with Gasteiger partial charge in [-0.25, -0.2) is 0 Å². The summed E-state index contributed by atoms with van der Waals surface area (Å²) >= 11 is 0. The molecule has 0 fully saturated rings. The highest BCUT2D eigenvalue weighted by Gasteiger charge is 2.21. The molecule has 0 aliphatic heterocycles. The Morgan fingerprint density at radius 3 is 2.57 bits per heavy atom. The molecule has 1 aliphatic carbocycles. The maximum Gasteiger partial charge on any atom is 0.251 e. The Hall–Kier alpha value is -3.01. The number of aromatic nitrogens is 1. The van der Waals surface area contributed by atoms with Crippen LogP contribution in [0.2, 0.25) is 0 Å². The summed E-state index contributed by atoms with van der Waals surface area (Å²) in [6.45, 7) is 7.61. The number of amides is 1. The van der Waals surface area contributed by atoms with Crippen molar-refractivity contribution in [2.45, 2.75) is 46.6 Å². The van der Waals surface area contributed by atoms with Gasteiger partial charge in [-0.3, -0.25) is 4.79 Å². The molecule has 0 saturated heterocycles. The Labute approximate surface area is 178 Å². The monoisotopic (exact) mass is 402 g/mol. The van der Waals surface area contributed by atoms with Crippen LogP contribution >= 0.6 is 0 Å². The molecule has 0 radical (unpaired) electrons. The minimum absolute atomic E-state index is 0.0597. The van der Waals surface area contributed by atoms with E-state index in [0.717, 1.165) is 35.8 Å². The topological polar surface area (TPSA) is 43.3 Å². The number of hydrogen-bond donors (Lipinski definition) is 1. The van der Waals surface area contributed by atoms with Gasteiger partial charge in [0.2, 0.25) is 0 Å². The highest BCUT2D eigenvalue weighted by Crippen LogP contribution is 2.30. The van der Waals surface area contributed by atoms with E-state index in [9.17, 15) is 4.79 Å². The van der Waals surface area contributed by atoms with Crippen molar-refractivity contribution in [1.29, 1.82) is 0 Å². The van der Waals surface area contributed by atoms with Gasteiger partial charge in [0.15, 0.2) is 0 Å². The van der Waals surface area contributed by atoms with Crippen LogP contribution < -0.4 is 10.1 Å². The van der Waals surface area contributed by atoms with E-state index < -0.39 is 0 Å². The van der Waals surface area contributed by atoms with Crippen molar-refractivity contribution < 1.29 is 9.53 Å². The van der Waals surface area contributed by atoms with E-state index in [1.54, 1.807) is 0 Å². The fraction of sp³-hybridized carbons (Fsp3) is 0.346. The van der Waals surface area contributed by atoms with Crippen LogP contribution in [0.3, 0.4) is 0 Å². The fourth-order valence-corrected chi connectivity index (χ4v) is 4.34. The summed E-state index contributed by atoms with van der Waals surface area (Å²) in [5, 5.41) is 3.00. The summed E-state index contributed by atoms with van der Waals surface area (Å²) in [5.74, 6) is 1.55. The first-order valence-electron chi connectivity index (χ1n) is 10.9. The summed E-state index contributed by atoms with van der Waals surface area (Å²) < 4.78 is 7.81. The molecule has 1 aromatic heterocycles. The smallest absolute Gasteiger partial charge is 0.251 e. The number of nitrogens with zero attached hydrogens (tertiary/aromatic N) is 1. The zero-order valence-corrected chi connectivity index (χ0v) is 18.1. The number of benzene rings is 2. The highest BCUT2D eigenvalue weighted by atomic mass is 16.5. The maximum atomic E-state index is 12.6. The van der Waals surface area contributed by atoms with Crippen LogP contribution in [0.25, 0.3) is 5.69 Å². The molecule has 1 aliphatic rings. The second-order valence-electron chi connectivity index (χ2n) is 8.25. The molecule has 3 aromatic rings. The predicted molar refractivity (Wildman–Crippen MR) is 120 cm³/mol. The van der Waals surface area contributed by atoms with E-state index in [1.807, 2.05) is 43.3 Å². The number of ether oxygens (including phenoxy) is 1. The molecule has 0 unspecified atom stereocenters. The first kappa shape index (κ1) is 20.3. The Balaban J connectivity index is 1.43. The van der Waals surface area contributed by atoms with Crippen LogP contribution in [0.5, 0.6) is 5.75 Å². The van der Waals surface area contributed by atoms with Gasteiger partial charge in [-0.15, -0.1) is 0 Å². The molecule has 1 N–H and O–H groups in total. The lowest BCUT2D eigenvalue weighted by atomic mass is 9.89. The van der Waals surface area contributed by atoms with Gasteiger partial charge in [0.05, 0.1) is 6.61 Å². The van der Waals surface area contributed by atoms with Gasteiger partial charge in [0.25, 0.3) is 5.91 Å². The molecule has 156 valence electrons. The van der Waals surface area contributed by atoms with Gasteiger partial charge >= 0.3 is 0 Å². The first-order chi connectivity index (χ1) is 14.5. The third-order valence-electron chi connectivity index (χ3n) is 5.89. The zero-order valence-electron chi connectivity index (χ0n) is 18.1. The van der Waals surface area contributed by atoms with Crippen molar-refractivity contribution in [1.82, 2.24) is 9.88 Å². The third kappa shape index (κ3) is 4.28. The van der Waals surface area contributed by atoms with Crippen molar-refractivity contribution in [3.63, 3.8) is 0 Å². The molecular formula is C26H30N2O2. The quantitative estimate of drug-likeness (QED) is 0.613. The lowest BCUT2D eigenvalue weighted by molar-refractivity contribution is 0.0951. The summed E-state index contributed by atoms with van der Waals surface area (Å²) in [7, 11) is 0. The van der Waals surface area contributed by atoms with Crippen LogP contribution in [0.1, 0.15) is 53.1 Å². The maximum absolute atomic E-state index is 12.6. The lowest BCUT2D eigenvalue weighted by Crippen LogP contribution is -2.22. The summed E-state index contributed by atoms with van der Waals surface area (Å²) in [6, 6.07) is 18.1. The highest BCUT2D eigenvalue weighted by molar-refractivity contribution is 5.94. The number of fused-ring (bicyclic) bond motifs is 1. The van der Waals surface area contributed by atoms with Crippen molar-refractivity contribution in [2.75, 3.05) is 6.61 Å². The Bertz CT molecular complexity index is 1020. The van der Waals surface area contributed by atoms with Crippen molar-refractivity contribution in [3.05, 3.63) is 82.7 Å². The number of nitrogens with one attached hydrogen (secondary N) is 1. The van der Waals surface area contributed by atoms with Crippen molar-refractivity contribution in [3.8, 4) is 11.4 Å². The molecule has 0 bridgehead atoms. The van der Waals surface area contributed by atoms with E-state index in [0.29, 0.717) is 18.7 Å². The molecule has 1 heterocycles. The van der Waals surface area contributed by atoms with Gasteiger partial charge < -0.3 is 14.6 Å². The van der Waals surface area contributed by atoms with E-state index >= 15 is 0 Å². The second kappa shape index (κ2) is 8.78. The fourth-order valence-electron chi connectivity index (χ4n) is 4.34. The molecule has 0 saturated carbocycles. The van der Waals surface area contributed by atoms with Gasteiger partial charge in [-0.1, -0.05) is 19.1 Å². The second-order valence-corrected chi connectivity index (χ2v) is 8.25. The lowest BCUT2D eigenvalue weighted by Gasteiger charge is -2.21. The molecular weight excluding hydrogens is 372 g/mol. The van der Waals surface area contributed by atoms with Gasteiger partial charge in [-0.2, -0.15) is 0 Å². The van der Waals surface area contributed by atoms with Crippen LogP contribution in [0.15, 0.2) is 54.6 Å². The minimum Gasteiger partial charge on any atom is -0.494 e. The van der Waals surface area contributed by atoms with E-state index in [-0.39, 0.29) is 5.91 Å². The molecule has 2 aromatic carbocycles. The predicted octanol–water partition coefficient (Wildman–Crippen LogP) is 5.24. The Kier molecular flexibility index (Phi) is 5.93. The van der Waals surface area contributed by atoms with Gasteiger partial charge in [0.1, 0.15) is 5.75 Å². The van der Waals surface area contributed by atoms with Crippen LogP contribution in [0.4, 0.5) is 0 Å². The average molecular weight is 403 g/mol. The van der Waals surface area contributed by atoms with Crippen LogP contribution in [-0.2, 0) is 19.4 Å². The summed E-state index contributed by atoms with van der Waals surface area (Å²) in [6.07, 6.45) is 3.52. The van der Waals surface area contributed by atoms with Crippen LogP contribution in [0, 0.1) is 12.8 Å². The number of hydrogen-bond acceptors (Lipinski definition) is 2. The van der Waals surface area contributed by atoms with Crippen molar-refractivity contribution >= 4 is 5.91 Å². The standard InChI is InChI=1S/C26H30N2O2/c1-4-30-24-12-6-20(7-13-24)17-27-26(29)21-8-10-23(11-9-21)28-19(3)16-22-15-18(2)5-14-25(22)28/h6-13,16,18H,4-5,14-15,17H2,1-3H3,(H,27,29)/t18-/m1/s1. The normalized spacial score (nSPS) is 15.5. The molecule has 1 amide bonds. The van der Waals surface area contributed by atoms with Crippen LogP contribution in [-0.4, -0.2) is 17.1 Å². The molecule has 4 heteroatoms. The van der Waals surface area contributed by atoms with E-state index in [4.69, 9.17) is 4.74 Å². The number of aryl methyl sites for hydroxylation is 1. The zero-order chi connectivity index (χ0) is 21.1. The summed E-state index contributed by atoms with van der Waals surface area (Å²) in [4.78, 5) is 12.6. The molecule has 4 nitrogen and oxygen atoms in total. The van der Waals surface area contributed by atoms with Gasteiger partial charge in [0, 0.05) is 29.2 Å². The van der Waals surface area contributed by atoms with E-state index in [2.05, 4.69) is 41.9 Å². The summed E-state index contributed by atoms with van der Waals surface area (Å²) in [5.41, 5.74) is 7.03. The van der Waals surface area contributed by atoms with Gasteiger partial charge in [-0.05, 0) is 92.6 Å². The molecule has 1 atom stereocenters. The molecule has 4 rings (SSSR count). The number of carbonyl (C=O) groups excluding carboxylic acids is 1. The number of carbonyl (C=O) groups is 1. The Morgan fingerprint density at radius 2 is 1.87 bits per heavy atom. The molecule has 30 heavy (non-hydrogen) atoms. The average Bonchev–Trinajstić information content (AvgIpc) is 3.08. The first-order valence-corrected chi connectivity index (χ1v) is 10.9. The minimum atomic E-state index is -0.0597. The molecule has 0 spiro atoms. The SMILES string of the molecule is CCOc1ccc(CNC(=O)c2ccc(-n3c(C)cc4c3CC[C@@H](C)C4)cc2)cc1. The Morgan fingerprint density at radius 1 is 1.13 bits per heavy atom. The van der Waals surface area contributed by atoms with E-state index in [1.165, 1.54) is 23.4 Å².